The summed E-state index contributed by atoms with van der Waals surface area (Å²) in [5, 5.41) is 0.662. The van der Waals surface area contributed by atoms with Crippen molar-refractivity contribution in [3.05, 3.63) is 34.9 Å². The lowest BCUT2D eigenvalue weighted by molar-refractivity contribution is -0.150. The summed E-state index contributed by atoms with van der Waals surface area (Å²) in [6.45, 7) is 8.24. The topological polar surface area (TPSA) is 49.9 Å². The largest absolute Gasteiger partial charge is 0.444 e. The summed E-state index contributed by atoms with van der Waals surface area (Å²) in [5.41, 5.74) is -0.433. The summed E-state index contributed by atoms with van der Waals surface area (Å²) >= 11 is 5.88. The maximum Gasteiger partial charge on any atom is 0.411 e. The van der Waals surface area contributed by atoms with Gasteiger partial charge in [-0.05, 0) is 51.8 Å². The minimum Gasteiger partial charge on any atom is -0.444 e. The fourth-order valence-electron chi connectivity index (χ4n) is 2.74. The van der Waals surface area contributed by atoms with Crippen LogP contribution in [0.2, 0.25) is 5.02 Å². The lowest BCUT2D eigenvalue weighted by Gasteiger charge is -2.50. The third-order valence-corrected chi connectivity index (χ3v) is 4.42. The van der Waals surface area contributed by atoms with Gasteiger partial charge < -0.3 is 9.64 Å². The van der Waals surface area contributed by atoms with Crippen LogP contribution in [-0.2, 0) is 16.1 Å². The van der Waals surface area contributed by atoms with Crippen molar-refractivity contribution in [1.29, 1.82) is 0 Å². The maximum atomic E-state index is 12.8. The van der Waals surface area contributed by atoms with Crippen molar-refractivity contribution < 1.29 is 14.3 Å². The van der Waals surface area contributed by atoms with E-state index in [2.05, 4.69) is 0 Å². The van der Waals surface area contributed by atoms with Gasteiger partial charge in [-0.1, -0.05) is 23.7 Å². The summed E-state index contributed by atoms with van der Waals surface area (Å²) in [6, 6.07) is 7.38. The highest BCUT2D eigenvalue weighted by atomic mass is 35.5. The molecule has 5 nitrogen and oxygen atoms in total. The van der Waals surface area contributed by atoms with Crippen molar-refractivity contribution in [2.75, 3.05) is 13.6 Å². The number of hydrogen-bond donors (Lipinski definition) is 0. The predicted molar refractivity (Wildman–Crippen MR) is 93.9 cm³/mol. The molecule has 1 unspecified atom stereocenters. The number of carbonyl (C=O) groups is 2. The molecule has 0 aromatic heterocycles. The Morgan fingerprint density at radius 3 is 2.33 bits per heavy atom. The van der Waals surface area contributed by atoms with E-state index in [9.17, 15) is 9.59 Å². The van der Waals surface area contributed by atoms with Crippen molar-refractivity contribution in [3.8, 4) is 0 Å². The number of likely N-dealkylation sites (N-methyl/N-ethyl adjacent to an activating group) is 1. The van der Waals surface area contributed by atoms with Gasteiger partial charge in [-0.3, -0.25) is 9.69 Å². The van der Waals surface area contributed by atoms with Crippen LogP contribution in [0.3, 0.4) is 0 Å². The van der Waals surface area contributed by atoms with Gasteiger partial charge in [-0.15, -0.1) is 0 Å². The van der Waals surface area contributed by atoms with Gasteiger partial charge in [0, 0.05) is 25.2 Å². The molecule has 24 heavy (non-hydrogen) atoms. The molecule has 132 valence electrons. The molecule has 0 saturated carbocycles. The number of rotatable bonds is 3. The molecule has 1 aromatic rings. The summed E-state index contributed by atoms with van der Waals surface area (Å²) in [4.78, 5) is 28.3. The average molecular weight is 353 g/mol. The molecule has 0 radical (unpaired) electrons. The Kier molecular flexibility index (Phi) is 5.14. The Labute approximate surface area is 148 Å². The summed E-state index contributed by atoms with van der Waals surface area (Å²) in [7, 11) is 1.74. The first-order chi connectivity index (χ1) is 11.0. The number of ether oxygens (including phenoxy) is 1. The third-order valence-electron chi connectivity index (χ3n) is 4.17. The molecule has 2 rings (SSSR count). The molecule has 1 aliphatic rings. The predicted octanol–water partition coefficient (Wildman–Crippen LogP) is 3.70. The van der Waals surface area contributed by atoms with Crippen molar-refractivity contribution in [2.24, 2.45) is 0 Å². The van der Waals surface area contributed by atoms with E-state index >= 15 is 0 Å². The van der Waals surface area contributed by atoms with Gasteiger partial charge in [0.15, 0.2) is 0 Å². The summed E-state index contributed by atoms with van der Waals surface area (Å²) in [5.74, 6) is -0.0884. The highest BCUT2D eigenvalue weighted by molar-refractivity contribution is 6.30. The zero-order valence-corrected chi connectivity index (χ0v) is 15.7. The first-order valence-corrected chi connectivity index (χ1v) is 8.41. The Morgan fingerprint density at radius 2 is 1.88 bits per heavy atom. The molecule has 0 aliphatic carbocycles. The monoisotopic (exact) mass is 352 g/mol. The normalized spacial score (nSPS) is 20.3. The van der Waals surface area contributed by atoms with Crippen LogP contribution in [0.5, 0.6) is 0 Å². The number of carbonyl (C=O) groups excluding carboxylic acids is 2. The van der Waals surface area contributed by atoms with E-state index in [1.165, 1.54) is 4.90 Å². The van der Waals surface area contributed by atoms with E-state index < -0.39 is 17.2 Å². The van der Waals surface area contributed by atoms with Crippen molar-refractivity contribution in [1.82, 2.24) is 9.80 Å². The Balaban J connectivity index is 2.04. The fourth-order valence-corrected chi connectivity index (χ4v) is 2.86. The first kappa shape index (κ1) is 18.6. The number of halogens is 1. The molecule has 6 heteroatoms. The van der Waals surface area contributed by atoms with Crippen molar-refractivity contribution in [2.45, 2.75) is 51.8 Å². The second-order valence-corrected chi connectivity index (χ2v) is 7.88. The van der Waals surface area contributed by atoms with Crippen LogP contribution in [0.25, 0.3) is 0 Å². The molecular formula is C18H25ClN2O3. The number of benzene rings is 1. The van der Waals surface area contributed by atoms with Gasteiger partial charge in [-0.2, -0.15) is 0 Å². The number of likely N-dealkylation sites (tertiary alicyclic amines) is 1. The fraction of sp³-hybridized carbons (Fsp3) is 0.556. The minimum absolute atomic E-state index is 0.0884. The van der Waals surface area contributed by atoms with Crippen LogP contribution >= 0.6 is 11.6 Å². The average Bonchev–Trinajstić information content (AvgIpc) is 2.44. The standard InChI is InChI=1S/C18H25ClN2O3/c1-17(2,3)24-16(23)21-11-10-18(21,4)15(22)20(5)12-13-6-8-14(19)9-7-13/h6-9H,10-12H2,1-5H3. The molecule has 1 aromatic carbocycles. The van der Waals surface area contributed by atoms with Crippen LogP contribution < -0.4 is 0 Å². The lowest BCUT2D eigenvalue weighted by atomic mass is 9.85. The summed E-state index contributed by atoms with van der Waals surface area (Å²) < 4.78 is 5.40. The van der Waals surface area contributed by atoms with E-state index in [1.54, 1.807) is 31.0 Å². The first-order valence-electron chi connectivity index (χ1n) is 8.03. The molecule has 2 amide bonds. The Bertz CT molecular complexity index is 624. The number of amides is 2. The van der Waals surface area contributed by atoms with Gasteiger partial charge in [0.1, 0.15) is 11.1 Å². The molecule has 1 fully saturated rings. The molecule has 1 aliphatic heterocycles. The second-order valence-electron chi connectivity index (χ2n) is 7.44. The van der Waals surface area contributed by atoms with E-state index in [0.29, 0.717) is 24.5 Å². The summed E-state index contributed by atoms with van der Waals surface area (Å²) in [6.07, 6.45) is 0.195. The van der Waals surface area contributed by atoms with Gasteiger partial charge in [-0.25, -0.2) is 4.79 Å². The lowest BCUT2D eigenvalue weighted by Crippen LogP contribution is -2.67. The van der Waals surface area contributed by atoms with Crippen LogP contribution in [-0.4, -0.2) is 46.5 Å². The third kappa shape index (κ3) is 4.01. The van der Waals surface area contributed by atoms with Gasteiger partial charge >= 0.3 is 6.09 Å². The van der Waals surface area contributed by atoms with Gasteiger partial charge in [0.2, 0.25) is 5.91 Å². The highest BCUT2D eigenvalue weighted by Crippen LogP contribution is 2.34. The molecule has 1 atom stereocenters. The zero-order chi connectivity index (χ0) is 18.1. The number of nitrogens with zero attached hydrogens (tertiary/aromatic N) is 2. The van der Waals surface area contributed by atoms with E-state index in [4.69, 9.17) is 16.3 Å². The van der Waals surface area contributed by atoms with Crippen LogP contribution in [0.1, 0.15) is 39.7 Å². The smallest absolute Gasteiger partial charge is 0.411 e. The molecule has 0 bridgehead atoms. The van der Waals surface area contributed by atoms with Crippen molar-refractivity contribution >= 4 is 23.6 Å². The molecular weight excluding hydrogens is 328 g/mol. The molecule has 0 spiro atoms. The quantitative estimate of drug-likeness (QED) is 0.833. The van der Waals surface area contributed by atoms with E-state index in [-0.39, 0.29) is 5.91 Å². The number of hydrogen-bond acceptors (Lipinski definition) is 3. The molecule has 0 N–H and O–H groups in total. The molecule has 1 heterocycles. The SMILES string of the molecule is CN(Cc1ccc(Cl)cc1)C(=O)C1(C)CCN1C(=O)OC(C)(C)C. The van der Waals surface area contributed by atoms with Crippen LogP contribution in [0.4, 0.5) is 4.79 Å². The Morgan fingerprint density at radius 1 is 1.29 bits per heavy atom. The Hall–Kier alpha value is -1.75. The van der Waals surface area contributed by atoms with Gasteiger partial charge in [0.25, 0.3) is 0 Å². The maximum absolute atomic E-state index is 12.8. The van der Waals surface area contributed by atoms with Crippen LogP contribution in [0, 0.1) is 0 Å². The highest BCUT2D eigenvalue weighted by Gasteiger charge is 2.51. The van der Waals surface area contributed by atoms with Gasteiger partial charge in [0.05, 0.1) is 0 Å². The van der Waals surface area contributed by atoms with Crippen LogP contribution in [0.15, 0.2) is 24.3 Å². The van der Waals surface area contributed by atoms with Crippen molar-refractivity contribution in [3.63, 3.8) is 0 Å². The minimum atomic E-state index is -0.844. The zero-order valence-electron chi connectivity index (χ0n) is 14.9. The van der Waals surface area contributed by atoms with E-state index in [1.807, 2.05) is 32.9 Å². The van der Waals surface area contributed by atoms with E-state index in [0.717, 1.165) is 5.56 Å². The molecule has 1 saturated heterocycles. The second kappa shape index (κ2) is 6.63.